The van der Waals surface area contributed by atoms with Gasteiger partial charge in [0.15, 0.2) is 6.10 Å². The van der Waals surface area contributed by atoms with Gasteiger partial charge < -0.3 is 9.47 Å². The van der Waals surface area contributed by atoms with Gasteiger partial charge in [-0.3, -0.25) is 4.90 Å². The predicted molar refractivity (Wildman–Crippen MR) is 89.9 cm³/mol. The van der Waals surface area contributed by atoms with Crippen molar-refractivity contribution in [3.05, 3.63) is 29.3 Å². The Kier molecular flexibility index (Phi) is 4.66. The maximum absolute atomic E-state index is 12.3. The summed E-state index contributed by atoms with van der Waals surface area (Å²) in [7, 11) is 0. The number of hydrogen-bond donors (Lipinski definition) is 0. The molecule has 1 amide bonds. The Balaban J connectivity index is 1.59. The van der Waals surface area contributed by atoms with E-state index in [9.17, 15) is 4.79 Å². The predicted octanol–water partition coefficient (Wildman–Crippen LogP) is 3.79. The average molecular weight is 328 g/mol. The second-order valence-electron chi connectivity index (χ2n) is 7.08. The summed E-state index contributed by atoms with van der Waals surface area (Å²) in [6.07, 6.45) is 5.23. The lowest BCUT2D eigenvalue weighted by Gasteiger charge is -2.40. The molecule has 1 aromatic carbocycles. The normalized spacial score (nSPS) is 22.8. The van der Waals surface area contributed by atoms with E-state index in [1.54, 1.807) is 18.2 Å². The Morgan fingerprint density at radius 1 is 1.38 bits per heavy atom. The van der Waals surface area contributed by atoms with Gasteiger partial charge in [0.1, 0.15) is 12.4 Å². The molecule has 1 aliphatic carbocycles. The van der Waals surface area contributed by atoms with Crippen LogP contribution in [0.5, 0.6) is 5.75 Å². The number of amides is 1. The van der Waals surface area contributed by atoms with E-state index in [1.165, 1.54) is 19.3 Å². The standard InChI is InChI=1S/C19H24N2O3/c1-14-10-15(11-20)6-7-17(14)23-13-16-12-21(18(22)24-16)19(2)8-4-3-5-9-19/h6-7,10,16H,3-5,8-9,12-13H2,1-2H3. The monoisotopic (exact) mass is 328 g/mol. The van der Waals surface area contributed by atoms with Crippen molar-refractivity contribution in [3.63, 3.8) is 0 Å². The third-order valence-electron chi connectivity index (χ3n) is 5.19. The summed E-state index contributed by atoms with van der Waals surface area (Å²) in [4.78, 5) is 14.2. The minimum absolute atomic E-state index is 0.0750. The molecule has 24 heavy (non-hydrogen) atoms. The fourth-order valence-electron chi connectivity index (χ4n) is 3.70. The maximum Gasteiger partial charge on any atom is 0.410 e. The molecule has 128 valence electrons. The second-order valence-corrected chi connectivity index (χ2v) is 7.08. The minimum Gasteiger partial charge on any atom is -0.489 e. The molecule has 0 radical (unpaired) electrons. The van der Waals surface area contributed by atoms with Crippen molar-refractivity contribution in [2.45, 2.75) is 57.6 Å². The highest BCUT2D eigenvalue weighted by Crippen LogP contribution is 2.36. The fraction of sp³-hybridized carbons (Fsp3) is 0.579. The number of nitrogens with zero attached hydrogens (tertiary/aromatic N) is 2. The minimum atomic E-state index is -0.244. The lowest BCUT2D eigenvalue weighted by atomic mass is 9.82. The Morgan fingerprint density at radius 3 is 2.79 bits per heavy atom. The zero-order chi connectivity index (χ0) is 17.2. The molecule has 0 bridgehead atoms. The molecule has 0 N–H and O–H groups in total. The largest absolute Gasteiger partial charge is 0.489 e. The van der Waals surface area contributed by atoms with Crippen molar-refractivity contribution in [1.82, 2.24) is 4.90 Å². The Hall–Kier alpha value is -2.22. The van der Waals surface area contributed by atoms with E-state index in [2.05, 4.69) is 13.0 Å². The summed E-state index contributed by atoms with van der Waals surface area (Å²) < 4.78 is 11.3. The van der Waals surface area contributed by atoms with Crippen LogP contribution in [0.25, 0.3) is 0 Å². The molecular formula is C19H24N2O3. The molecule has 3 rings (SSSR count). The Labute approximate surface area is 143 Å². The van der Waals surface area contributed by atoms with Crippen LogP contribution >= 0.6 is 0 Å². The SMILES string of the molecule is Cc1cc(C#N)ccc1OCC1CN(C2(C)CCCCC2)C(=O)O1. The van der Waals surface area contributed by atoms with Gasteiger partial charge in [-0.2, -0.15) is 5.26 Å². The third kappa shape index (κ3) is 3.33. The molecule has 5 heteroatoms. The molecule has 1 aromatic rings. The number of rotatable bonds is 4. The van der Waals surface area contributed by atoms with Gasteiger partial charge in [0.25, 0.3) is 0 Å². The van der Waals surface area contributed by atoms with E-state index in [4.69, 9.17) is 14.7 Å². The van der Waals surface area contributed by atoms with Crippen LogP contribution in [0.15, 0.2) is 18.2 Å². The molecule has 2 aliphatic rings. The zero-order valence-corrected chi connectivity index (χ0v) is 14.4. The first-order valence-corrected chi connectivity index (χ1v) is 8.64. The van der Waals surface area contributed by atoms with Gasteiger partial charge in [0.2, 0.25) is 0 Å². The van der Waals surface area contributed by atoms with Gasteiger partial charge in [0.05, 0.1) is 18.2 Å². The average Bonchev–Trinajstić information content (AvgIpc) is 2.96. The van der Waals surface area contributed by atoms with Gasteiger partial charge in [-0.15, -0.1) is 0 Å². The van der Waals surface area contributed by atoms with Crippen LogP contribution in [0.4, 0.5) is 4.79 Å². The molecule has 1 aliphatic heterocycles. The molecule has 1 atom stereocenters. The topological polar surface area (TPSA) is 62.6 Å². The van der Waals surface area contributed by atoms with Gasteiger partial charge in [-0.1, -0.05) is 19.3 Å². The zero-order valence-electron chi connectivity index (χ0n) is 14.4. The summed E-state index contributed by atoms with van der Waals surface area (Å²) in [5.41, 5.74) is 1.45. The van der Waals surface area contributed by atoms with Crippen molar-refractivity contribution in [2.24, 2.45) is 0 Å². The third-order valence-corrected chi connectivity index (χ3v) is 5.19. The van der Waals surface area contributed by atoms with Crippen molar-refractivity contribution in [1.29, 1.82) is 5.26 Å². The number of aryl methyl sites for hydroxylation is 1. The van der Waals surface area contributed by atoms with Crippen molar-refractivity contribution in [3.8, 4) is 11.8 Å². The highest BCUT2D eigenvalue weighted by atomic mass is 16.6. The van der Waals surface area contributed by atoms with Crippen LogP contribution in [-0.2, 0) is 4.74 Å². The van der Waals surface area contributed by atoms with Crippen LogP contribution in [-0.4, -0.2) is 35.8 Å². The first-order chi connectivity index (χ1) is 11.5. The van der Waals surface area contributed by atoms with E-state index in [1.807, 2.05) is 11.8 Å². The highest BCUT2D eigenvalue weighted by Gasteiger charge is 2.43. The first-order valence-electron chi connectivity index (χ1n) is 8.64. The Bertz CT molecular complexity index is 659. The molecule has 5 nitrogen and oxygen atoms in total. The summed E-state index contributed by atoms with van der Waals surface area (Å²) in [5.74, 6) is 0.729. The van der Waals surface area contributed by atoms with Gasteiger partial charge >= 0.3 is 6.09 Å². The van der Waals surface area contributed by atoms with Crippen molar-refractivity contribution in [2.75, 3.05) is 13.2 Å². The van der Waals surface area contributed by atoms with Gasteiger partial charge in [-0.25, -0.2) is 4.79 Å². The number of hydrogen-bond acceptors (Lipinski definition) is 4. The first kappa shape index (κ1) is 16.6. The number of nitriles is 1. The van der Waals surface area contributed by atoms with Gasteiger partial charge in [-0.05, 0) is 50.5 Å². The summed E-state index contributed by atoms with van der Waals surface area (Å²) in [6.45, 7) is 5.00. The number of carbonyl (C=O) groups excluding carboxylic acids is 1. The number of carbonyl (C=O) groups is 1. The molecular weight excluding hydrogens is 304 g/mol. The van der Waals surface area contributed by atoms with E-state index in [0.717, 1.165) is 24.2 Å². The highest BCUT2D eigenvalue weighted by molar-refractivity contribution is 5.71. The summed E-state index contributed by atoms with van der Waals surface area (Å²) >= 11 is 0. The van der Waals surface area contributed by atoms with Crippen LogP contribution < -0.4 is 4.74 Å². The molecule has 0 spiro atoms. The van der Waals surface area contributed by atoms with Crippen LogP contribution in [0, 0.1) is 18.3 Å². The van der Waals surface area contributed by atoms with Crippen molar-refractivity contribution >= 4 is 6.09 Å². The van der Waals surface area contributed by atoms with E-state index in [-0.39, 0.29) is 17.7 Å². The summed E-state index contributed by atoms with van der Waals surface area (Å²) in [5, 5.41) is 8.91. The lowest BCUT2D eigenvalue weighted by molar-refractivity contribution is 0.0876. The summed E-state index contributed by atoms with van der Waals surface area (Å²) in [6, 6.07) is 7.44. The molecule has 1 saturated carbocycles. The quantitative estimate of drug-likeness (QED) is 0.843. The maximum atomic E-state index is 12.3. The molecule has 1 heterocycles. The van der Waals surface area contributed by atoms with Crippen molar-refractivity contribution < 1.29 is 14.3 Å². The molecule has 2 fully saturated rings. The van der Waals surface area contributed by atoms with E-state index < -0.39 is 0 Å². The number of ether oxygens (including phenoxy) is 2. The van der Waals surface area contributed by atoms with Gasteiger partial charge in [0, 0.05) is 5.54 Å². The smallest absolute Gasteiger partial charge is 0.410 e. The van der Waals surface area contributed by atoms with E-state index >= 15 is 0 Å². The van der Waals surface area contributed by atoms with Crippen LogP contribution in [0.2, 0.25) is 0 Å². The van der Waals surface area contributed by atoms with E-state index in [0.29, 0.717) is 18.7 Å². The molecule has 1 unspecified atom stereocenters. The molecule has 0 aromatic heterocycles. The second kappa shape index (κ2) is 6.72. The number of cyclic esters (lactones) is 1. The lowest BCUT2D eigenvalue weighted by Crippen LogP contribution is -2.48. The van der Waals surface area contributed by atoms with Crippen LogP contribution in [0.1, 0.15) is 50.2 Å². The Morgan fingerprint density at radius 2 is 2.12 bits per heavy atom. The number of benzene rings is 1. The molecule has 1 saturated heterocycles. The van der Waals surface area contributed by atoms with Crippen LogP contribution in [0.3, 0.4) is 0 Å². The fourth-order valence-corrected chi connectivity index (χ4v) is 3.70.